The number of nitrogens with one attached hydrogen (secondary N) is 1. The molecular weight excluding hydrogens is 352 g/mol. The molecule has 0 bridgehead atoms. The molecule has 0 spiro atoms. The predicted molar refractivity (Wildman–Crippen MR) is 109 cm³/mol. The molecule has 0 saturated carbocycles. The molecule has 0 aliphatic heterocycles. The molecule has 0 atom stereocenters. The van der Waals surface area contributed by atoms with Gasteiger partial charge in [0, 0.05) is 17.1 Å². The molecule has 28 heavy (non-hydrogen) atoms. The number of fused-ring (bicyclic) bond motifs is 1. The number of furan rings is 1. The van der Waals surface area contributed by atoms with Gasteiger partial charge in [0.1, 0.15) is 12.3 Å². The van der Waals surface area contributed by atoms with Crippen LogP contribution in [0.3, 0.4) is 0 Å². The molecule has 0 fully saturated rings. The van der Waals surface area contributed by atoms with Gasteiger partial charge in [0.2, 0.25) is 5.91 Å². The SMILES string of the molecule is Cc1ccc2c(=O)c(-c3ccccc3)cn(CC(=O)NCc3ccco3)c2c1. The van der Waals surface area contributed by atoms with Gasteiger partial charge in [-0.25, -0.2) is 0 Å². The smallest absolute Gasteiger partial charge is 0.240 e. The maximum Gasteiger partial charge on any atom is 0.240 e. The zero-order valence-electron chi connectivity index (χ0n) is 15.5. The number of rotatable bonds is 5. The first-order valence-electron chi connectivity index (χ1n) is 9.10. The van der Waals surface area contributed by atoms with Crippen molar-refractivity contribution < 1.29 is 9.21 Å². The Morgan fingerprint density at radius 3 is 2.64 bits per heavy atom. The zero-order valence-corrected chi connectivity index (χ0v) is 15.5. The van der Waals surface area contributed by atoms with Crippen LogP contribution in [0.2, 0.25) is 0 Å². The topological polar surface area (TPSA) is 64.2 Å². The van der Waals surface area contributed by atoms with Crippen molar-refractivity contribution in [3.8, 4) is 11.1 Å². The lowest BCUT2D eigenvalue weighted by Crippen LogP contribution is -2.28. The maximum absolute atomic E-state index is 13.0. The molecule has 140 valence electrons. The minimum atomic E-state index is -0.151. The lowest BCUT2D eigenvalue weighted by atomic mass is 10.0. The fourth-order valence-electron chi connectivity index (χ4n) is 3.26. The second-order valence-electron chi connectivity index (χ2n) is 6.74. The van der Waals surface area contributed by atoms with E-state index >= 15 is 0 Å². The Labute approximate surface area is 162 Å². The van der Waals surface area contributed by atoms with E-state index in [1.165, 1.54) is 0 Å². The van der Waals surface area contributed by atoms with Crippen LogP contribution in [0.5, 0.6) is 0 Å². The number of pyridine rings is 1. The third-order valence-corrected chi connectivity index (χ3v) is 4.68. The van der Waals surface area contributed by atoms with Crippen LogP contribution in [0, 0.1) is 6.92 Å². The van der Waals surface area contributed by atoms with E-state index in [2.05, 4.69) is 5.32 Å². The van der Waals surface area contributed by atoms with Crippen molar-refractivity contribution in [2.45, 2.75) is 20.0 Å². The first-order chi connectivity index (χ1) is 13.6. The summed E-state index contributed by atoms with van der Waals surface area (Å²) in [6.45, 7) is 2.41. The van der Waals surface area contributed by atoms with Gasteiger partial charge in [-0.2, -0.15) is 0 Å². The van der Waals surface area contributed by atoms with Crippen molar-refractivity contribution >= 4 is 16.8 Å². The summed E-state index contributed by atoms with van der Waals surface area (Å²) in [7, 11) is 0. The lowest BCUT2D eigenvalue weighted by molar-refractivity contribution is -0.121. The summed E-state index contributed by atoms with van der Waals surface area (Å²) >= 11 is 0. The highest BCUT2D eigenvalue weighted by Crippen LogP contribution is 2.20. The average molecular weight is 372 g/mol. The molecule has 4 aromatic rings. The molecule has 2 aromatic heterocycles. The van der Waals surface area contributed by atoms with Gasteiger partial charge in [0.15, 0.2) is 5.43 Å². The minimum Gasteiger partial charge on any atom is -0.467 e. The van der Waals surface area contributed by atoms with Crippen molar-refractivity contribution in [1.29, 1.82) is 0 Å². The zero-order chi connectivity index (χ0) is 19.5. The van der Waals surface area contributed by atoms with Crippen LogP contribution >= 0.6 is 0 Å². The van der Waals surface area contributed by atoms with Crippen molar-refractivity contribution in [1.82, 2.24) is 9.88 Å². The molecule has 0 saturated heterocycles. The van der Waals surface area contributed by atoms with Crippen LogP contribution in [0.4, 0.5) is 0 Å². The molecule has 4 rings (SSSR count). The van der Waals surface area contributed by atoms with Crippen LogP contribution in [-0.2, 0) is 17.9 Å². The minimum absolute atomic E-state index is 0.0338. The van der Waals surface area contributed by atoms with E-state index in [1.807, 2.05) is 66.1 Å². The lowest BCUT2D eigenvalue weighted by Gasteiger charge is -2.14. The van der Waals surface area contributed by atoms with Gasteiger partial charge < -0.3 is 14.3 Å². The summed E-state index contributed by atoms with van der Waals surface area (Å²) in [4.78, 5) is 25.6. The van der Waals surface area contributed by atoms with Crippen molar-refractivity contribution in [3.63, 3.8) is 0 Å². The predicted octanol–water partition coefficient (Wildman–Crippen LogP) is 3.89. The Kier molecular flexibility index (Phi) is 4.81. The fraction of sp³-hybridized carbons (Fsp3) is 0.130. The highest BCUT2D eigenvalue weighted by Gasteiger charge is 2.13. The number of amides is 1. The van der Waals surface area contributed by atoms with Gasteiger partial charge in [-0.1, -0.05) is 36.4 Å². The van der Waals surface area contributed by atoms with Gasteiger partial charge in [-0.3, -0.25) is 9.59 Å². The standard InChI is InChI=1S/C23H20N2O3/c1-16-9-10-19-21(12-16)25(15-22(26)24-13-18-8-5-11-28-18)14-20(23(19)27)17-6-3-2-4-7-17/h2-12,14H,13,15H2,1H3,(H,24,26). The highest BCUT2D eigenvalue weighted by atomic mass is 16.3. The molecule has 2 aromatic carbocycles. The number of carbonyl (C=O) groups is 1. The van der Waals surface area contributed by atoms with E-state index < -0.39 is 0 Å². The van der Waals surface area contributed by atoms with E-state index in [0.29, 0.717) is 23.3 Å². The number of hydrogen-bond acceptors (Lipinski definition) is 3. The number of hydrogen-bond donors (Lipinski definition) is 1. The van der Waals surface area contributed by atoms with E-state index in [1.54, 1.807) is 18.5 Å². The van der Waals surface area contributed by atoms with E-state index in [-0.39, 0.29) is 17.9 Å². The summed E-state index contributed by atoms with van der Waals surface area (Å²) in [6.07, 6.45) is 3.34. The summed E-state index contributed by atoms with van der Waals surface area (Å²) in [5, 5.41) is 3.46. The average Bonchev–Trinajstić information content (AvgIpc) is 3.23. The molecule has 0 aliphatic carbocycles. The Morgan fingerprint density at radius 1 is 1.07 bits per heavy atom. The van der Waals surface area contributed by atoms with Crippen LogP contribution in [0.15, 0.2) is 82.3 Å². The molecule has 5 nitrogen and oxygen atoms in total. The van der Waals surface area contributed by atoms with E-state index in [9.17, 15) is 9.59 Å². The van der Waals surface area contributed by atoms with Crippen LogP contribution in [-0.4, -0.2) is 10.5 Å². The first-order valence-corrected chi connectivity index (χ1v) is 9.10. The molecule has 0 unspecified atom stereocenters. The Morgan fingerprint density at radius 2 is 1.89 bits per heavy atom. The normalized spacial score (nSPS) is 10.9. The van der Waals surface area contributed by atoms with Crippen molar-refractivity contribution in [2.24, 2.45) is 0 Å². The van der Waals surface area contributed by atoms with Gasteiger partial charge in [-0.15, -0.1) is 0 Å². The van der Waals surface area contributed by atoms with Crippen LogP contribution in [0.25, 0.3) is 22.0 Å². The molecule has 0 aliphatic rings. The largest absolute Gasteiger partial charge is 0.467 e. The van der Waals surface area contributed by atoms with Gasteiger partial charge in [0.25, 0.3) is 0 Å². The van der Waals surface area contributed by atoms with Crippen LogP contribution < -0.4 is 10.7 Å². The van der Waals surface area contributed by atoms with Gasteiger partial charge in [-0.05, 0) is 42.3 Å². The molecule has 5 heteroatoms. The monoisotopic (exact) mass is 372 g/mol. The number of benzene rings is 2. The molecule has 0 radical (unpaired) electrons. The number of aryl methyl sites for hydroxylation is 1. The van der Waals surface area contributed by atoms with E-state index in [4.69, 9.17) is 4.42 Å². The molecule has 1 N–H and O–H groups in total. The van der Waals surface area contributed by atoms with Crippen molar-refractivity contribution in [3.05, 3.63) is 94.7 Å². The highest BCUT2D eigenvalue weighted by molar-refractivity contribution is 5.86. The maximum atomic E-state index is 13.0. The van der Waals surface area contributed by atoms with Gasteiger partial charge in [0.05, 0.1) is 18.3 Å². The summed E-state index contributed by atoms with van der Waals surface area (Å²) < 4.78 is 7.09. The first kappa shape index (κ1) is 17.8. The van der Waals surface area contributed by atoms with Crippen LogP contribution in [0.1, 0.15) is 11.3 Å². The molecular formula is C23H20N2O3. The Hall–Kier alpha value is -3.60. The number of carbonyl (C=O) groups excluding carboxylic acids is 1. The van der Waals surface area contributed by atoms with Crippen molar-refractivity contribution in [2.75, 3.05) is 0 Å². The number of nitrogens with zero attached hydrogens (tertiary/aromatic N) is 1. The summed E-state index contributed by atoms with van der Waals surface area (Å²) in [6, 6.07) is 18.8. The van der Waals surface area contributed by atoms with E-state index in [0.717, 1.165) is 16.6 Å². The quantitative estimate of drug-likeness (QED) is 0.578. The summed E-state index contributed by atoms with van der Waals surface area (Å²) in [5.41, 5.74) is 3.16. The Bertz CT molecular complexity index is 1180. The van der Waals surface area contributed by atoms with Gasteiger partial charge >= 0.3 is 0 Å². The third kappa shape index (κ3) is 3.60. The third-order valence-electron chi connectivity index (χ3n) is 4.68. The molecule has 1 amide bonds. The number of aromatic nitrogens is 1. The summed E-state index contributed by atoms with van der Waals surface area (Å²) in [5.74, 6) is 0.542. The second-order valence-corrected chi connectivity index (χ2v) is 6.74. The second kappa shape index (κ2) is 7.56. The fourth-order valence-corrected chi connectivity index (χ4v) is 3.26. The Balaban J connectivity index is 1.73. The molecule has 2 heterocycles.